The van der Waals surface area contributed by atoms with E-state index in [4.69, 9.17) is 5.11 Å². The number of carboxylic acids is 1. The molecule has 1 fully saturated rings. The van der Waals surface area contributed by atoms with Crippen molar-refractivity contribution in [2.45, 2.75) is 45.4 Å². The highest BCUT2D eigenvalue weighted by molar-refractivity contribution is 5.68. The zero-order chi connectivity index (χ0) is 20.3. The molecule has 1 N–H and O–H groups in total. The van der Waals surface area contributed by atoms with E-state index in [1.165, 1.54) is 18.3 Å². The Kier molecular flexibility index (Phi) is 6.21. The third-order valence-electron chi connectivity index (χ3n) is 5.44. The lowest BCUT2D eigenvalue weighted by Gasteiger charge is -2.20. The van der Waals surface area contributed by atoms with Crippen LogP contribution in [0.15, 0.2) is 24.5 Å². The fourth-order valence-corrected chi connectivity index (χ4v) is 3.89. The predicted octanol–water partition coefficient (Wildman–Crippen LogP) is 4.63. The second-order valence-corrected chi connectivity index (χ2v) is 7.33. The summed E-state index contributed by atoms with van der Waals surface area (Å²) in [7, 11) is 0. The zero-order valence-electron chi connectivity index (χ0n) is 16.2. The number of aromatic nitrogens is 2. The molecule has 1 aromatic carbocycles. The quantitative estimate of drug-likeness (QED) is 0.748. The standard InChI is InChI=1S/C21H25F2N3O2/c1-3-14(4-2)18-10-24-11-19(25-18)15-8-16(22)21(17(23)9-15)26-6-5-13(12-26)7-20(27)28/h8-11,13-14H,3-7,12H2,1-2H3,(H,27,28). The third kappa shape index (κ3) is 4.29. The summed E-state index contributed by atoms with van der Waals surface area (Å²) in [6.07, 6.45) is 5.67. The molecule has 1 aromatic heterocycles. The van der Waals surface area contributed by atoms with Crippen LogP contribution in [0.5, 0.6) is 0 Å². The van der Waals surface area contributed by atoms with Gasteiger partial charge in [0.1, 0.15) is 17.3 Å². The second-order valence-electron chi connectivity index (χ2n) is 7.33. The average Bonchev–Trinajstić information content (AvgIpc) is 3.09. The van der Waals surface area contributed by atoms with Gasteiger partial charge in [-0.05, 0) is 37.3 Å². The van der Waals surface area contributed by atoms with Crippen LogP contribution in [-0.4, -0.2) is 34.1 Å². The molecule has 0 aliphatic carbocycles. The van der Waals surface area contributed by atoms with Crippen molar-refractivity contribution in [1.82, 2.24) is 9.97 Å². The van der Waals surface area contributed by atoms with Gasteiger partial charge >= 0.3 is 5.97 Å². The van der Waals surface area contributed by atoms with E-state index in [9.17, 15) is 13.6 Å². The van der Waals surface area contributed by atoms with Gasteiger partial charge in [0.2, 0.25) is 0 Å². The van der Waals surface area contributed by atoms with Crippen LogP contribution in [-0.2, 0) is 4.79 Å². The number of rotatable bonds is 7. The summed E-state index contributed by atoms with van der Waals surface area (Å²) in [6.45, 7) is 4.92. The smallest absolute Gasteiger partial charge is 0.303 e. The molecule has 0 bridgehead atoms. The second kappa shape index (κ2) is 8.63. The summed E-state index contributed by atoms with van der Waals surface area (Å²) in [5.74, 6) is -2.06. The normalized spacial score (nSPS) is 16.8. The lowest BCUT2D eigenvalue weighted by atomic mass is 9.99. The Morgan fingerprint density at radius 1 is 1.25 bits per heavy atom. The molecular weight excluding hydrogens is 364 g/mol. The summed E-state index contributed by atoms with van der Waals surface area (Å²) >= 11 is 0. The van der Waals surface area contributed by atoms with E-state index in [2.05, 4.69) is 23.8 Å². The van der Waals surface area contributed by atoms with Crippen molar-refractivity contribution in [2.75, 3.05) is 18.0 Å². The van der Waals surface area contributed by atoms with Gasteiger partial charge in [-0.3, -0.25) is 9.78 Å². The van der Waals surface area contributed by atoms with Crippen LogP contribution in [0.3, 0.4) is 0 Å². The minimum atomic E-state index is -0.890. The zero-order valence-corrected chi connectivity index (χ0v) is 16.2. The summed E-state index contributed by atoms with van der Waals surface area (Å²) in [5.41, 5.74) is 1.52. The van der Waals surface area contributed by atoms with Gasteiger partial charge in [0.05, 0.1) is 17.6 Å². The molecule has 0 amide bonds. The molecule has 1 saturated heterocycles. The third-order valence-corrected chi connectivity index (χ3v) is 5.44. The predicted molar refractivity (Wildman–Crippen MR) is 103 cm³/mol. The van der Waals surface area contributed by atoms with Gasteiger partial charge in [-0.1, -0.05) is 13.8 Å². The lowest BCUT2D eigenvalue weighted by molar-refractivity contribution is -0.137. The Morgan fingerprint density at radius 2 is 1.93 bits per heavy atom. The summed E-state index contributed by atoms with van der Waals surface area (Å²) in [6, 6.07) is 2.56. The fourth-order valence-electron chi connectivity index (χ4n) is 3.89. The van der Waals surface area contributed by atoms with Gasteiger partial charge in [-0.25, -0.2) is 13.8 Å². The Balaban J connectivity index is 1.87. The molecule has 2 aromatic rings. The van der Waals surface area contributed by atoms with Gasteiger partial charge in [0.25, 0.3) is 0 Å². The van der Waals surface area contributed by atoms with Gasteiger partial charge < -0.3 is 10.0 Å². The number of anilines is 1. The van der Waals surface area contributed by atoms with Gasteiger partial charge in [-0.15, -0.1) is 0 Å². The number of hydrogen-bond donors (Lipinski definition) is 1. The van der Waals surface area contributed by atoms with Crippen LogP contribution in [0.4, 0.5) is 14.5 Å². The van der Waals surface area contributed by atoms with Crippen molar-refractivity contribution >= 4 is 11.7 Å². The van der Waals surface area contributed by atoms with Crippen LogP contribution in [0.25, 0.3) is 11.3 Å². The van der Waals surface area contributed by atoms with Crippen LogP contribution in [0.1, 0.15) is 51.1 Å². The number of nitrogens with zero attached hydrogens (tertiary/aromatic N) is 3. The number of carboxylic acid groups (broad SMARTS) is 1. The molecule has 1 atom stereocenters. The Morgan fingerprint density at radius 3 is 2.54 bits per heavy atom. The van der Waals surface area contributed by atoms with Gasteiger partial charge in [0, 0.05) is 37.2 Å². The highest BCUT2D eigenvalue weighted by Crippen LogP contribution is 2.33. The summed E-state index contributed by atoms with van der Waals surface area (Å²) in [5, 5.41) is 8.92. The molecule has 0 spiro atoms. The highest BCUT2D eigenvalue weighted by atomic mass is 19.1. The van der Waals surface area contributed by atoms with Crippen LogP contribution in [0.2, 0.25) is 0 Å². The maximum absolute atomic E-state index is 14.8. The summed E-state index contributed by atoms with van der Waals surface area (Å²) < 4.78 is 29.6. The first-order valence-corrected chi connectivity index (χ1v) is 9.71. The topological polar surface area (TPSA) is 66.3 Å². The highest BCUT2D eigenvalue weighted by Gasteiger charge is 2.28. The molecule has 1 aliphatic rings. The molecule has 28 heavy (non-hydrogen) atoms. The molecule has 5 nitrogen and oxygen atoms in total. The molecular formula is C21H25F2N3O2. The molecule has 150 valence electrons. The molecule has 3 rings (SSSR count). The van der Waals surface area contributed by atoms with E-state index >= 15 is 0 Å². The number of benzene rings is 1. The molecule has 0 saturated carbocycles. The van der Waals surface area contributed by atoms with E-state index in [1.54, 1.807) is 11.1 Å². The van der Waals surface area contributed by atoms with Crippen molar-refractivity contribution in [3.05, 3.63) is 41.9 Å². The number of aliphatic carboxylic acids is 1. The maximum atomic E-state index is 14.8. The molecule has 7 heteroatoms. The monoisotopic (exact) mass is 389 g/mol. The molecule has 0 radical (unpaired) electrons. The van der Waals surface area contributed by atoms with Crippen LogP contribution >= 0.6 is 0 Å². The first kappa shape index (κ1) is 20.2. The molecule has 1 unspecified atom stereocenters. The van der Waals surface area contributed by atoms with Gasteiger partial charge in [0.15, 0.2) is 0 Å². The Hall–Kier alpha value is -2.57. The van der Waals surface area contributed by atoms with Gasteiger partial charge in [-0.2, -0.15) is 0 Å². The van der Waals surface area contributed by atoms with Crippen molar-refractivity contribution in [3.8, 4) is 11.3 Å². The van der Waals surface area contributed by atoms with Crippen LogP contribution in [0, 0.1) is 17.6 Å². The maximum Gasteiger partial charge on any atom is 0.303 e. The van der Waals surface area contributed by atoms with E-state index in [1.807, 2.05) is 0 Å². The Labute approximate surface area is 163 Å². The Bertz CT molecular complexity index is 832. The first-order valence-electron chi connectivity index (χ1n) is 9.71. The van der Waals surface area contributed by atoms with Crippen molar-refractivity contribution < 1.29 is 18.7 Å². The van der Waals surface area contributed by atoms with Crippen molar-refractivity contribution in [3.63, 3.8) is 0 Å². The minimum absolute atomic E-state index is 0.0101. The number of halogens is 2. The first-order chi connectivity index (χ1) is 13.4. The fraction of sp³-hybridized carbons (Fsp3) is 0.476. The molecule has 2 heterocycles. The SMILES string of the molecule is CCC(CC)c1cncc(-c2cc(F)c(N3CCC(CC(=O)O)C3)c(F)c2)n1. The van der Waals surface area contributed by atoms with E-state index < -0.39 is 17.6 Å². The van der Waals surface area contributed by atoms with E-state index in [0.29, 0.717) is 30.8 Å². The van der Waals surface area contributed by atoms with Crippen LogP contribution < -0.4 is 4.90 Å². The average molecular weight is 389 g/mol. The number of hydrogen-bond acceptors (Lipinski definition) is 4. The van der Waals surface area contributed by atoms with Crippen molar-refractivity contribution in [1.29, 1.82) is 0 Å². The van der Waals surface area contributed by atoms with E-state index in [-0.39, 0.29) is 23.9 Å². The largest absolute Gasteiger partial charge is 0.481 e. The summed E-state index contributed by atoms with van der Waals surface area (Å²) in [4.78, 5) is 21.2. The van der Waals surface area contributed by atoms with Crippen molar-refractivity contribution in [2.24, 2.45) is 5.92 Å². The number of carbonyl (C=O) groups is 1. The van der Waals surface area contributed by atoms with E-state index in [0.717, 1.165) is 18.5 Å². The molecule has 1 aliphatic heterocycles. The minimum Gasteiger partial charge on any atom is -0.481 e. The lowest BCUT2D eigenvalue weighted by Crippen LogP contribution is -2.23.